The molecule has 1 aliphatic carbocycles. The number of hydrogen-bond donors (Lipinski definition) is 1. The van der Waals surface area contributed by atoms with Gasteiger partial charge in [0, 0.05) is 17.3 Å². The summed E-state index contributed by atoms with van der Waals surface area (Å²) in [7, 11) is 0. The highest BCUT2D eigenvalue weighted by Gasteiger charge is 2.29. The van der Waals surface area contributed by atoms with Crippen LogP contribution in [0.2, 0.25) is 0 Å². The van der Waals surface area contributed by atoms with Gasteiger partial charge in [0.05, 0.1) is 0 Å². The quantitative estimate of drug-likeness (QED) is 0.770. The topological polar surface area (TPSA) is 15.3 Å². The molecule has 1 saturated heterocycles. The Kier molecular flexibility index (Phi) is 7.20. The van der Waals surface area contributed by atoms with Crippen LogP contribution in [0, 0.1) is 5.92 Å². The zero-order valence-electron chi connectivity index (χ0n) is 13.7. The summed E-state index contributed by atoms with van der Waals surface area (Å²) in [4.78, 5) is 2.65. The van der Waals surface area contributed by atoms with Gasteiger partial charge in [0.2, 0.25) is 0 Å². The molecule has 0 aromatic heterocycles. The second-order valence-electron chi connectivity index (χ2n) is 6.72. The summed E-state index contributed by atoms with van der Waals surface area (Å²) in [5, 5.41) is 4.88. The lowest BCUT2D eigenvalue weighted by molar-refractivity contribution is 0.158. The van der Waals surface area contributed by atoms with Crippen LogP contribution in [-0.4, -0.2) is 47.6 Å². The summed E-state index contributed by atoms with van der Waals surface area (Å²) in [5.41, 5.74) is 0. The van der Waals surface area contributed by atoms with E-state index in [4.69, 9.17) is 0 Å². The van der Waals surface area contributed by atoms with Crippen molar-refractivity contribution in [1.82, 2.24) is 10.2 Å². The van der Waals surface area contributed by atoms with Gasteiger partial charge in [-0.15, -0.1) is 0 Å². The third kappa shape index (κ3) is 4.92. The van der Waals surface area contributed by atoms with Crippen LogP contribution in [0.25, 0.3) is 0 Å². The molecule has 3 heteroatoms. The molecule has 1 aliphatic heterocycles. The zero-order valence-corrected chi connectivity index (χ0v) is 14.6. The van der Waals surface area contributed by atoms with Gasteiger partial charge in [-0.25, -0.2) is 0 Å². The maximum atomic E-state index is 3.95. The number of piperidine rings is 1. The van der Waals surface area contributed by atoms with Gasteiger partial charge in [-0.05, 0) is 76.8 Å². The van der Waals surface area contributed by atoms with Gasteiger partial charge in [-0.1, -0.05) is 13.8 Å². The summed E-state index contributed by atoms with van der Waals surface area (Å²) in [6.45, 7) is 11.0. The number of hydrogen-bond acceptors (Lipinski definition) is 3. The van der Waals surface area contributed by atoms with Crippen LogP contribution in [0.5, 0.6) is 0 Å². The molecule has 3 unspecified atom stereocenters. The fourth-order valence-corrected chi connectivity index (χ4v) is 5.12. The third-order valence-electron chi connectivity index (χ3n) is 5.16. The molecule has 2 aliphatic rings. The van der Waals surface area contributed by atoms with Crippen molar-refractivity contribution in [2.24, 2.45) is 5.92 Å². The number of likely N-dealkylation sites (tertiary alicyclic amines) is 1. The molecule has 0 aromatic carbocycles. The highest BCUT2D eigenvalue weighted by molar-refractivity contribution is 7.99. The van der Waals surface area contributed by atoms with Crippen molar-refractivity contribution in [3.63, 3.8) is 0 Å². The van der Waals surface area contributed by atoms with Gasteiger partial charge in [0.25, 0.3) is 0 Å². The number of rotatable bonds is 7. The minimum Gasteiger partial charge on any atom is -0.311 e. The van der Waals surface area contributed by atoms with Crippen LogP contribution < -0.4 is 5.32 Å². The third-order valence-corrected chi connectivity index (χ3v) is 6.40. The molecule has 3 atom stereocenters. The van der Waals surface area contributed by atoms with E-state index in [1.165, 1.54) is 63.9 Å². The Bertz CT molecular complexity index is 264. The molecule has 1 heterocycles. The Labute approximate surface area is 130 Å². The lowest BCUT2D eigenvalue weighted by Crippen LogP contribution is -2.45. The maximum absolute atomic E-state index is 3.95. The molecule has 2 nitrogen and oxygen atoms in total. The van der Waals surface area contributed by atoms with Crippen molar-refractivity contribution in [2.75, 3.05) is 25.4 Å². The van der Waals surface area contributed by atoms with Crippen molar-refractivity contribution in [3.8, 4) is 0 Å². The second-order valence-corrected chi connectivity index (χ2v) is 8.30. The summed E-state index contributed by atoms with van der Waals surface area (Å²) in [6, 6.07) is 1.51. The summed E-state index contributed by atoms with van der Waals surface area (Å²) >= 11 is 2.16. The first-order chi connectivity index (χ1) is 9.72. The SMILES string of the molecule is CCCN1CCC(C(C)NC2CCC(SCC)C2)CC1. The molecule has 0 amide bonds. The minimum absolute atomic E-state index is 0.717. The normalized spacial score (nSPS) is 30.8. The fraction of sp³-hybridized carbons (Fsp3) is 1.00. The smallest absolute Gasteiger partial charge is 0.00805 e. The van der Waals surface area contributed by atoms with E-state index in [0.717, 1.165) is 17.2 Å². The van der Waals surface area contributed by atoms with Crippen molar-refractivity contribution < 1.29 is 0 Å². The Balaban J connectivity index is 1.67. The molecule has 2 rings (SSSR count). The molecule has 0 radical (unpaired) electrons. The Morgan fingerprint density at radius 1 is 1.15 bits per heavy atom. The van der Waals surface area contributed by atoms with Crippen LogP contribution in [0.1, 0.15) is 59.3 Å². The first kappa shape index (κ1) is 16.6. The van der Waals surface area contributed by atoms with Crippen molar-refractivity contribution in [1.29, 1.82) is 0 Å². The first-order valence-electron chi connectivity index (χ1n) is 8.82. The first-order valence-corrected chi connectivity index (χ1v) is 9.87. The van der Waals surface area contributed by atoms with Gasteiger partial charge in [0.1, 0.15) is 0 Å². The predicted octanol–water partition coefficient (Wildman–Crippen LogP) is 3.76. The second kappa shape index (κ2) is 8.65. The molecule has 1 N–H and O–H groups in total. The lowest BCUT2D eigenvalue weighted by Gasteiger charge is -2.36. The van der Waals surface area contributed by atoms with Gasteiger partial charge in [0.15, 0.2) is 0 Å². The van der Waals surface area contributed by atoms with Gasteiger partial charge >= 0.3 is 0 Å². The summed E-state index contributed by atoms with van der Waals surface area (Å²) < 4.78 is 0. The van der Waals surface area contributed by atoms with Gasteiger partial charge in [-0.3, -0.25) is 0 Å². The van der Waals surface area contributed by atoms with E-state index in [9.17, 15) is 0 Å². The molecular weight excluding hydrogens is 264 g/mol. The van der Waals surface area contributed by atoms with Crippen LogP contribution >= 0.6 is 11.8 Å². The average Bonchev–Trinajstić information content (AvgIpc) is 2.88. The van der Waals surface area contributed by atoms with E-state index in [1.807, 2.05) is 0 Å². The predicted molar refractivity (Wildman–Crippen MR) is 91.6 cm³/mol. The van der Waals surface area contributed by atoms with Crippen LogP contribution in [0.3, 0.4) is 0 Å². The molecule has 0 spiro atoms. The zero-order chi connectivity index (χ0) is 14.4. The van der Waals surface area contributed by atoms with Gasteiger partial charge in [-0.2, -0.15) is 11.8 Å². The molecule has 1 saturated carbocycles. The van der Waals surface area contributed by atoms with Crippen molar-refractivity contribution in [3.05, 3.63) is 0 Å². The van der Waals surface area contributed by atoms with Gasteiger partial charge < -0.3 is 10.2 Å². The van der Waals surface area contributed by atoms with E-state index < -0.39 is 0 Å². The maximum Gasteiger partial charge on any atom is 0.00805 e. The molecule has 0 aromatic rings. The van der Waals surface area contributed by atoms with Crippen LogP contribution in [0.4, 0.5) is 0 Å². The largest absolute Gasteiger partial charge is 0.311 e. The summed E-state index contributed by atoms with van der Waals surface area (Å²) in [5.74, 6) is 2.18. The van der Waals surface area contributed by atoms with Crippen LogP contribution in [0.15, 0.2) is 0 Å². The molecular formula is C17H34N2S. The highest BCUT2D eigenvalue weighted by atomic mass is 32.2. The van der Waals surface area contributed by atoms with E-state index in [0.29, 0.717) is 6.04 Å². The molecule has 2 fully saturated rings. The molecule has 20 heavy (non-hydrogen) atoms. The standard InChI is InChI=1S/C17H34N2S/c1-4-10-19-11-8-15(9-12-19)14(3)18-16-6-7-17(13-16)20-5-2/h14-18H,4-13H2,1-3H3. The monoisotopic (exact) mass is 298 g/mol. The van der Waals surface area contributed by atoms with Crippen molar-refractivity contribution >= 4 is 11.8 Å². The Morgan fingerprint density at radius 2 is 1.90 bits per heavy atom. The van der Waals surface area contributed by atoms with Crippen molar-refractivity contribution in [2.45, 2.75) is 76.6 Å². The lowest BCUT2D eigenvalue weighted by atomic mass is 9.89. The summed E-state index contributed by atoms with van der Waals surface area (Å²) in [6.07, 6.45) is 8.32. The van der Waals surface area contributed by atoms with Crippen LogP contribution in [-0.2, 0) is 0 Å². The van der Waals surface area contributed by atoms with E-state index in [2.05, 4.69) is 42.7 Å². The van der Waals surface area contributed by atoms with E-state index >= 15 is 0 Å². The van der Waals surface area contributed by atoms with E-state index in [1.54, 1.807) is 0 Å². The Morgan fingerprint density at radius 3 is 2.55 bits per heavy atom. The number of nitrogens with one attached hydrogen (secondary N) is 1. The molecule has 118 valence electrons. The molecule has 0 bridgehead atoms. The minimum atomic E-state index is 0.717. The van der Waals surface area contributed by atoms with E-state index in [-0.39, 0.29) is 0 Å². The number of thioether (sulfide) groups is 1. The Hall–Kier alpha value is 0.270. The number of nitrogens with zero attached hydrogens (tertiary/aromatic N) is 1. The average molecular weight is 299 g/mol. The fourth-order valence-electron chi connectivity index (χ4n) is 3.98. The highest BCUT2D eigenvalue weighted by Crippen LogP contribution is 2.31.